The van der Waals surface area contributed by atoms with Crippen LogP contribution in [0.1, 0.15) is 92.9 Å². The van der Waals surface area contributed by atoms with Gasteiger partial charge in [-0.2, -0.15) is 0 Å². The van der Waals surface area contributed by atoms with Gasteiger partial charge in [-0.05, 0) is 52.6 Å². The van der Waals surface area contributed by atoms with Crippen molar-refractivity contribution in [1.29, 1.82) is 0 Å². The van der Waals surface area contributed by atoms with Gasteiger partial charge in [-0.1, -0.05) is 26.7 Å². The lowest BCUT2D eigenvalue weighted by molar-refractivity contribution is 0.00622. The Labute approximate surface area is 157 Å². The first kappa shape index (κ1) is 22.2. The third-order valence-corrected chi connectivity index (χ3v) is 3.88. The third kappa shape index (κ3) is 6.48. The molecule has 0 aromatic carbocycles. The van der Waals surface area contributed by atoms with Crippen molar-refractivity contribution in [3.05, 3.63) is 22.5 Å². The van der Waals surface area contributed by atoms with E-state index in [-0.39, 0.29) is 6.61 Å². The Morgan fingerprint density at radius 2 is 1.77 bits per heavy atom. The van der Waals surface area contributed by atoms with E-state index >= 15 is 0 Å². The van der Waals surface area contributed by atoms with Crippen LogP contribution in [0.3, 0.4) is 0 Å². The number of hydrogen-bond acceptors (Lipinski definition) is 5. The molecule has 1 rings (SSSR count). The molecule has 26 heavy (non-hydrogen) atoms. The number of H-pyrrole nitrogens is 1. The average molecular weight is 367 g/mol. The Morgan fingerprint density at radius 3 is 2.31 bits per heavy atom. The van der Waals surface area contributed by atoms with Crippen LogP contribution in [0.5, 0.6) is 0 Å². The molecule has 0 bridgehead atoms. The number of aromatic nitrogens is 1. The van der Waals surface area contributed by atoms with Gasteiger partial charge in [0.15, 0.2) is 0 Å². The summed E-state index contributed by atoms with van der Waals surface area (Å²) in [6.45, 7) is 12.9. The standard InChI is InChI=1S/C20H34N2O4/c1-7-10-11-12-21-13-15-16(18(23)25-9-3)14(8-2)17(22-15)19(24)26-20(4,5)6/h21-22H,7-13H2,1-6H3. The number of ether oxygens (including phenoxy) is 2. The Balaban J connectivity index is 3.12. The van der Waals surface area contributed by atoms with Gasteiger partial charge in [0.2, 0.25) is 0 Å². The predicted molar refractivity (Wildman–Crippen MR) is 103 cm³/mol. The van der Waals surface area contributed by atoms with Crippen molar-refractivity contribution in [2.75, 3.05) is 13.2 Å². The average Bonchev–Trinajstić information content (AvgIpc) is 2.92. The van der Waals surface area contributed by atoms with Crippen LogP contribution in [0.4, 0.5) is 0 Å². The van der Waals surface area contributed by atoms with Crippen LogP contribution < -0.4 is 5.32 Å². The first-order valence-corrected chi connectivity index (χ1v) is 9.59. The van der Waals surface area contributed by atoms with Gasteiger partial charge in [0.05, 0.1) is 12.2 Å². The summed E-state index contributed by atoms with van der Waals surface area (Å²) in [5.41, 5.74) is 1.53. The third-order valence-electron chi connectivity index (χ3n) is 3.88. The van der Waals surface area contributed by atoms with Crippen molar-refractivity contribution in [2.45, 2.75) is 79.4 Å². The van der Waals surface area contributed by atoms with E-state index in [4.69, 9.17) is 9.47 Å². The molecule has 0 fully saturated rings. The first-order chi connectivity index (χ1) is 12.2. The summed E-state index contributed by atoms with van der Waals surface area (Å²) < 4.78 is 10.7. The maximum absolute atomic E-state index is 12.6. The molecule has 0 radical (unpaired) electrons. The predicted octanol–water partition coefficient (Wildman–Crippen LogP) is 3.99. The van der Waals surface area contributed by atoms with Crippen molar-refractivity contribution >= 4 is 11.9 Å². The fourth-order valence-electron chi connectivity index (χ4n) is 2.75. The molecular weight excluding hydrogens is 332 g/mol. The Morgan fingerprint density at radius 1 is 1.08 bits per heavy atom. The molecule has 6 heteroatoms. The second kappa shape index (κ2) is 10.4. The molecule has 0 saturated heterocycles. The summed E-state index contributed by atoms with van der Waals surface area (Å²) in [6.07, 6.45) is 3.92. The maximum Gasteiger partial charge on any atom is 0.355 e. The lowest BCUT2D eigenvalue weighted by atomic mass is 10.1. The maximum atomic E-state index is 12.6. The molecular formula is C20H34N2O4. The molecule has 0 amide bonds. The summed E-state index contributed by atoms with van der Waals surface area (Å²) in [7, 11) is 0. The number of carbonyl (C=O) groups excluding carboxylic acids is 2. The van der Waals surface area contributed by atoms with Gasteiger partial charge in [-0.3, -0.25) is 0 Å². The van der Waals surface area contributed by atoms with E-state index in [2.05, 4.69) is 17.2 Å². The largest absolute Gasteiger partial charge is 0.462 e. The number of unbranched alkanes of at least 4 members (excludes halogenated alkanes) is 2. The van der Waals surface area contributed by atoms with Crippen molar-refractivity contribution in [3.63, 3.8) is 0 Å². The van der Waals surface area contributed by atoms with E-state index < -0.39 is 17.5 Å². The number of rotatable bonds is 10. The summed E-state index contributed by atoms with van der Waals surface area (Å²) in [5, 5.41) is 3.33. The summed E-state index contributed by atoms with van der Waals surface area (Å²) in [6, 6.07) is 0. The highest BCUT2D eigenvalue weighted by atomic mass is 16.6. The van der Waals surface area contributed by atoms with Crippen molar-refractivity contribution < 1.29 is 19.1 Å². The van der Waals surface area contributed by atoms with E-state index in [1.807, 2.05) is 27.7 Å². The highest BCUT2D eigenvalue weighted by Gasteiger charge is 2.28. The molecule has 1 heterocycles. The number of aromatic amines is 1. The molecule has 2 N–H and O–H groups in total. The molecule has 1 aromatic rings. The zero-order valence-electron chi connectivity index (χ0n) is 17.1. The van der Waals surface area contributed by atoms with Crippen molar-refractivity contribution in [1.82, 2.24) is 10.3 Å². The van der Waals surface area contributed by atoms with Crippen molar-refractivity contribution in [2.24, 2.45) is 0 Å². The lowest BCUT2D eigenvalue weighted by Crippen LogP contribution is -2.24. The minimum atomic E-state index is -0.601. The lowest BCUT2D eigenvalue weighted by Gasteiger charge is -2.19. The van der Waals surface area contributed by atoms with Gasteiger partial charge >= 0.3 is 11.9 Å². The molecule has 1 aromatic heterocycles. The van der Waals surface area contributed by atoms with Crippen LogP contribution >= 0.6 is 0 Å². The SMILES string of the molecule is CCCCCNCc1[nH]c(C(=O)OC(C)(C)C)c(CC)c1C(=O)OCC. The van der Waals surface area contributed by atoms with Gasteiger partial charge in [-0.15, -0.1) is 0 Å². The molecule has 0 aliphatic rings. The van der Waals surface area contributed by atoms with Gasteiger partial charge in [0, 0.05) is 12.2 Å². The summed E-state index contributed by atoms with van der Waals surface area (Å²) >= 11 is 0. The monoisotopic (exact) mass is 366 g/mol. The van der Waals surface area contributed by atoms with Gasteiger partial charge in [0.1, 0.15) is 11.3 Å². The zero-order chi connectivity index (χ0) is 19.7. The molecule has 0 atom stereocenters. The summed E-state index contributed by atoms with van der Waals surface area (Å²) in [4.78, 5) is 28.2. The van der Waals surface area contributed by atoms with E-state index in [0.29, 0.717) is 35.5 Å². The van der Waals surface area contributed by atoms with Crippen LogP contribution in [0.15, 0.2) is 0 Å². The smallest absolute Gasteiger partial charge is 0.355 e. The fourth-order valence-corrected chi connectivity index (χ4v) is 2.75. The van der Waals surface area contributed by atoms with E-state index in [0.717, 1.165) is 25.8 Å². The Bertz CT molecular complexity index is 600. The van der Waals surface area contributed by atoms with E-state index in [1.165, 1.54) is 0 Å². The minimum Gasteiger partial charge on any atom is -0.462 e. The summed E-state index contributed by atoms with van der Waals surface area (Å²) in [5.74, 6) is -0.849. The first-order valence-electron chi connectivity index (χ1n) is 9.59. The topological polar surface area (TPSA) is 80.4 Å². The molecule has 0 spiro atoms. The molecule has 0 saturated carbocycles. The minimum absolute atomic E-state index is 0.290. The number of esters is 2. The van der Waals surface area contributed by atoms with E-state index in [9.17, 15) is 9.59 Å². The quantitative estimate of drug-likeness (QED) is 0.483. The second-order valence-corrected chi connectivity index (χ2v) is 7.29. The Hall–Kier alpha value is -1.82. The van der Waals surface area contributed by atoms with Crippen LogP contribution in [-0.2, 0) is 22.4 Å². The number of hydrogen-bond donors (Lipinski definition) is 2. The molecule has 0 aliphatic heterocycles. The molecule has 0 aliphatic carbocycles. The van der Waals surface area contributed by atoms with Gasteiger partial charge in [-0.25, -0.2) is 9.59 Å². The molecule has 6 nitrogen and oxygen atoms in total. The van der Waals surface area contributed by atoms with E-state index in [1.54, 1.807) is 6.92 Å². The number of nitrogens with one attached hydrogen (secondary N) is 2. The van der Waals surface area contributed by atoms with Crippen LogP contribution in [0.25, 0.3) is 0 Å². The highest BCUT2D eigenvalue weighted by Crippen LogP contribution is 2.24. The zero-order valence-corrected chi connectivity index (χ0v) is 17.1. The Kier molecular flexibility index (Phi) is 8.85. The molecule has 0 unspecified atom stereocenters. The van der Waals surface area contributed by atoms with Crippen LogP contribution in [-0.4, -0.2) is 35.7 Å². The van der Waals surface area contributed by atoms with Crippen LogP contribution in [0, 0.1) is 0 Å². The van der Waals surface area contributed by atoms with Gasteiger partial charge < -0.3 is 19.8 Å². The normalized spacial score (nSPS) is 11.5. The van der Waals surface area contributed by atoms with Crippen LogP contribution in [0.2, 0.25) is 0 Å². The van der Waals surface area contributed by atoms with Gasteiger partial charge in [0.25, 0.3) is 0 Å². The highest BCUT2D eigenvalue weighted by molar-refractivity contribution is 5.98. The molecule has 148 valence electrons. The second-order valence-electron chi connectivity index (χ2n) is 7.29. The van der Waals surface area contributed by atoms with Crippen molar-refractivity contribution in [3.8, 4) is 0 Å². The number of carbonyl (C=O) groups is 2. The fraction of sp³-hybridized carbons (Fsp3) is 0.700.